The number of hydrogen-bond acceptors (Lipinski definition) is 7. The Hall–Kier alpha value is -1.05. The molecule has 0 atom stereocenters. The molecule has 0 spiro atoms. The van der Waals surface area contributed by atoms with Crippen molar-refractivity contribution in [1.29, 1.82) is 0 Å². The molecule has 7 heteroatoms. The van der Waals surface area contributed by atoms with Gasteiger partial charge in [0.05, 0.1) is 6.61 Å². The zero-order valence-electron chi connectivity index (χ0n) is 11.6. The summed E-state index contributed by atoms with van der Waals surface area (Å²) in [6.07, 6.45) is 2.82. The fraction of sp³-hybridized carbons (Fsp3) is 0.667. The zero-order chi connectivity index (χ0) is 13.9. The van der Waals surface area contributed by atoms with E-state index in [-0.39, 0.29) is 0 Å². The van der Waals surface area contributed by atoms with Crippen LogP contribution in [-0.4, -0.2) is 56.8 Å². The van der Waals surface area contributed by atoms with Gasteiger partial charge in [-0.25, -0.2) is 4.98 Å². The Balaban J connectivity index is 2.28. The highest BCUT2D eigenvalue weighted by Crippen LogP contribution is 2.18. The minimum Gasteiger partial charge on any atom is -0.475 e. The van der Waals surface area contributed by atoms with Gasteiger partial charge in [0, 0.05) is 33.4 Å². The van der Waals surface area contributed by atoms with E-state index < -0.39 is 0 Å². The van der Waals surface area contributed by atoms with Gasteiger partial charge >= 0.3 is 0 Å². The molecule has 19 heavy (non-hydrogen) atoms. The van der Waals surface area contributed by atoms with Crippen LogP contribution in [0.25, 0.3) is 0 Å². The van der Waals surface area contributed by atoms with E-state index in [1.165, 1.54) is 11.8 Å². The standard InChI is InChI=1S/C12H21N3O3S/c1-13-10-9-11(15-12(14-10)19-3)18-8-7-17-6-4-5-16-2/h9H,4-8H2,1-3H3,(H,13,14,15). The maximum atomic E-state index is 5.54. The average Bonchev–Trinajstić information content (AvgIpc) is 2.45. The summed E-state index contributed by atoms with van der Waals surface area (Å²) in [6.45, 7) is 2.41. The lowest BCUT2D eigenvalue weighted by molar-refractivity contribution is 0.0793. The lowest BCUT2D eigenvalue weighted by Crippen LogP contribution is -2.10. The number of rotatable bonds is 10. The van der Waals surface area contributed by atoms with Crippen molar-refractivity contribution < 1.29 is 14.2 Å². The molecule has 1 heterocycles. The zero-order valence-corrected chi connectivity index (χ0v) is 12.5. The first-order valence-corrected chi connectivity index (χ1v) is 7.33. The number of hydrogen-bond donors (Lipinski definition) is 1. The number of nitrogens with one attached hydrogen (secondary N) is 1. The van der Waals surface area contributed by atoms with Crippen LogP contribution in [0.5, 0.6) is 5.88 Å². The van der Waals surface area contributed by atoms with Crippen LogP contribution < -0.4 is 10.1 Å². The Morgan fingerprint density at radius 1 is 1.21 bits per heavy atom. The summed E-state index contributed by atoms with van der Waals surface area (Å²) in [5, 5.41) is 3.66. The van der Waals surface area contributed by atoms with Crippen molar-refractivity contribution in [3.63, 3.8) is 0 Å². The van der Waals surface area contributed by atoms with E-state index >= 15 is 0 Å². The molecule has 0 aliphatic carbocycles. The Bertz CT molecular complexity index is 344. The largest absolute Gasteiger partial charge is 0.475 e. The topological polar surface area (TPSA) is 65.5 Å². The molecule has 1 aromatic rings. The summed E-state index contributed by atoms with van der Waals surface area (Å²) >= 11 is 1.48. The molecule has 0 saturated carbocycles. The van der Waals surface area contributed by atoms with Crippen molar-refractivity contribution in [1.82, 2.24) is 9.97 Å². The van der Waals surface area contributed by atoms with E-state index in [0.29, 0.717) is 30.9 Å². The minimum atomic E-state index is 0.473. The van der Waals surface area contributed by atoms with Gasteiger partial charge in [0.1, 0.15) is 12.4 Å². The summed E-state index contributed by atoms with van der Waals surface area (Å²) in [7, 11) is 3.50. The van der Waals surface area contributed by atoms with Crippen molar-refractivity contribution >= 4 is 17.6 Å². The van der Waals surface area contributed by atoms with Crippen molar-refractivity contribution in [2.75, 3.05) is 52.2 Å². The van der Waals surface area contributed by atoms with Gasteiger partial charge in [-0.15, -0.1) is 0 Å². The quantitative estimate of drug-likeness (QED) is 0.399. The number of aromatic nitrogens is 2. The second-order valence-electron chi connectivity index (χ2n) is 3.64. The monoisotopic (exact) mass is 287 g/mol. The molecule has 0 bridgehead atoms. The molecular formula is C12H21N3O3S. The van der Waals surface area contributed by atoms with Crippen LogP contribution in [0, 0.1) is 0 Å². The molecule has 1 aromatic heterocycles. The molecule has 0 aromatic carbocycles. The van der Waals surface area contributed by atoms with Crippen LogP contribution in [-0.2, 0) is 9.47 Å². The molecule has 1 rings (SSSR count). The van der Waals surface area contributed by atoms with Crippen molar-refractivity contribution in [2.24, 2.45) is 0 Å². The molecule has 0 aliphatic heterocycles. The second kappa shape index (κ2) is 9.82. The van der Waals surface area contributed by atoms with Crippen LogP contribution in [0.4, 0.5) is 5.82 Å². The lowest BCUT2D eigenvalue weighted by atomic mass is 10.5. The highest BCUT2D eigenvalue weighted by atomic mass is 32.2. The number of anilines is 1. The van der Waals surface area contributed by atoms with Gasteiger partial charge in [-0.05, 0) is 12.7 Å². The van der Waals surface area contributed by atoms with Gasteiger partial charge in [0.25, 0.3) is 0 Å². The van der Waals surface area contributed by atoms with E-state index in [1.54, 1.807) is 13.2 Å². The highest BCUT2D eigenvalue weighted by molar-refractivity contribution is 7.98. The summed E-state index contributed by atoms with van der Waals surface area (Å²) in [5.74, 6) is 1.31. The number of thioether (sulfide) groups is 1. The van der Waals surface area contributed by atoms with Gasteiger partial charge in [0.2, 0.25) is 5.88 Å². The SMILES string of the molecule is CNc1cc(OCCOCCCOC)nc(SC)n1. The van der Waals surface area contributed by atoms with E-state index in [9.17, 15) is 0 Å². The maximum Gasteiger partial charge on any atom is 0.219 e. The Labute approximate surface area is 118 Å². The molecule has 0 amide bonds. The van der Waals surface area contributed by atoms with Gasteiger partial charge in [-0.2, -0.15) is 4.98 Å². The van der Waals surface area contributed by atoms with Gasteiger partial charge in [-0.1, -0.05) is 11.8 Å². The third-order valence-electron chi connectivity index (χ3n) is 2.24. The van der Waals surface area contributed by atoms with E-state index in [0.717, 1.165) is 18.8 Å². The normalized spacial score (nSPS) is 10.5. The molecule has 0 radical (unpaired) electrons. The van der Waals surface area contributed by atoms with Crippen LogP contribution >= 0.6 is 11.8 Å². The first kappa shape index (κ1) is 16.0. The third-order valence-corrected chi connectivity index (χ3v) is 2.78. The average molecular weight is 287 g/mol. The summed E-state index contributed by atoms with van der Waals surface area (Å²) in [4.78, 5) is 8.53. The van der Waals surface area contributed by atoms with Crippen LogP contribution in [0.3, 0.4) is 0 Å². The maximum absolute atomic E-state index is 5.54. The van der Waals surface area contributed by atoms with Gasteiger partial charge in [-0.3, -0.25) is 0 Å². The molecule has 6 nitrogen and oxygen atoms in total. The molecule has 0 aliphatic rings. The smallest absolute Gasteiger partial charge is 0.219 e. The summed E-state index contributed by atoms with van der Waals surface area (Å²) in [6, 6.07) is 1.77. The summed E-state index contributed by atoms with van der Waals surface area (Å²) in [5.41, 5.74) is 0. The minimum absolute atomic E-state index is 0.473. The summed E-state index contributed by atoms with van der Waals surface area (Å²) < 4.78 is 15.9. The Kier molecular flexibility index (Phi) is 8.28. The number of ether oxygens (including phenoxy) is 3. The number of methoxy groups -OCH3 is 1. The van der Waals surface area contributed by atoms with Gasteiger partial charge in [0.15, 0.2) is 5.16 Å². The lowest BCUT2D eigenvalue weighted by Gasteiger charge is -2.08. The van der Waals surface area contributed by atoms with E-state index in [2.05, 4.69) is 15.3 Å². The third kappa shape index (κ3) is 6.60. The van der Waals surface area contributed by atoms with Gasteiger partial charge < -0.3 is 19.5 Å². The Morgan fingerprint density at radius 3 is 2.74 bits per heavy atom. The van der Waals surface area contributed by atoms with Crippen molar-refractivity contribution in [3.05, 3.63) is 6.07 Å². The predicted octanol–water partition coefficient (Wildman–Crippen LogP) is 1.67. The molecule has 0 fully saturated rings. The Morgan fingerprint density at radius 2 is 2.05 bits per heavy atom. The first-order valence-electron chi connectivity index (χ1n) is 6.10. The van der Waals surface area contributed by atoms with E-state index in [1.807, 2.05) is 13.3 Å². The van der Waals surface area contributed by atoms with Crippen LogP contribution in [0.1, 0.15) is 6.42 Å². The molecule has 108 valence electrons. The van der Waals surface area contributed by atoms with Crippen LogP contribution in [0.15, 0.2) is 11.2 Å². The highest BCUT2D eigenvalue weighted by Gasteiger charge is 2.03. The number of nitrogens with zero attached hydrogens (tertiary/aromatic N) is 2. The van der Waals surface area contributed by atoms with Crippen LogP contribution in [0.2, 0.25) is 0 Å². The molecule has 0 unspecified atom stereocenters. The molecule has 0 saturated heterocycles. The predicted molar refractivity (Wildman–Crippen MR) is 76.2 cm³/mol. The fourth-order valence-corrected chi connectivity index (χ4v) is 1.68. The van der Waals surface area contributed by atoms with Crippen molar-refractivity contribution in [3.8, 4) is 5.88 Å². The van der Waals surface area contributed by atoms with E-state index in [4.69, 9.17) is 14.2 Å². The van der Waals surface area contributed by atoms with Crippen molar-refractivity contribution in [2.45, 2.75) is 11.6 Å². The second-order valence-corrected chi connectivity index (χ2v) is 4.41. The molecular weight excluding hydrogens is 266 g/mol. The fourth-order valence-electron chi connectivity index (χ4n) is 1.31. The molecule has 1 N–H and O–H groups in total. The first-order chi connectivity index (χ1) is 9.30.